The van der Waals surface area contributed by atoms with Crippen molar-refractivity contribution in [1.29, 1.82) is 0 Å². The smallest absolute Gasteiger partial charge is 0.256 e. The molecule has 1 unspecified atom stereocenters. The summed E-state index contributed by atoms with van der Waals surface area (Å²) in [7, 11) is 0. The van der Waals surface area contributed by atoms with E-state index in [1.165, 1.54) is 0 Å². The Kier molecular flexibility index (Phi) is 7.42. The molecule has 0 spiro atoms. The lowest BCUT2D eigenvalue weighted by atomic mass is 10.0. The van der Waals surface area contributed by atoms with Crippen molar-refractivity contribution < 1.29 is 4.79 Å². The van der Waals surface area contributed by atoms with Crippen LogP contribution >= 0.6 is 24.8 Å². The van der Waals surface area contributed by atoms with Crippen molar-refractivity contribution in [3.05, 3.63) is 59.7 Å². The van der Waals surface area contributed by atoms with Crippen molar-refractivity contribution in [2.45, 2.75) is 13.0 Å². The molecule has 0 saturated carbocycles. The first-order valence-corrected chi connectivity index (χ1v) is 7.09. The summed E-state index contributed by atoms with van der Waals surface area (Å²) in [4.78, 5) is 23.0. The molecule has 5 nitrogen and oxygen atoms in total. The predicted octanol–water partition coefficient (Wildman–Crippen LogP) is 2.42. The number of nitrogens with one attached hydrogen (secondary N) is 1. The fourth-order valence-corrected chi connectivity index (χ4v) is 2.66. The van der Waals surface area contributed by atoms with Gasteiger partial charge >= 0.3 is 0 Å². The van der Waals surface area contributed by atoms with Crippen molar-refractivity contribution in [2.24, 2.45) is 0 Å². The number of amides is 1. The number of nitrogens with zero attached hydrogens (tertiary/aromatic N) is 3. The number of halogens is 2. The van der Waals surface area contributed by atoms with Crippen molar-refractivity contribution in [3.8, 4) is 0 Å². The molecule has 2 aromatic rings. The molecule has 1 aliphatic rings. The molecule has 1 N–H and O–H groups in total. The fraction of sp³-hybridized carbons (Fsp3) is 0.312. The first kappa shape index (κ1) is 19.4. The molecule has 3 heterocycles. The Morgan fingerprint density at radius 1 is 1.22 bits per heavy atom. The Labute approximate surface area is 148 Å². The van der Waals surface area contributed by atoms with E-state index in [1.54, 1.807) is 18.6 Å². The largest absolute Gasteiger partial charge is 0.329 e. The van der Waals surface area contributed by atoms with Crippen LogP contribution in [0.25, 0.3) is 0 Å². The van der Waals surface area contributed by atoms with Crippen LogP contribution in [0.3, 0.4) is 0 Å². The Morgan fingerprint density at radius 2 is 2.00 bits per heavy atom. The van der Waals surface area contributed by atoms with Crippen LogP contribution in [-0.2, 0) is 0 Å². The summed E-state index contributed by atoms with van der Waals surface area (Å²) in [5.41, 5.74) is 2.69. The monoisotopic (exact) mass is 354 g/mol. The topological polar surface area (TPSA) is 58.1 Å². The second kappa shape index (κ2) is 8.82. The highest BCUT2D eigenvalue weighted by molar-refractivity contribution is 5.95. The summed E-state index contributed by atoms with van der Waals surface area (Å²) in [6.45, 7) is 4.18. The zero-order valence-corrected chi connectivity index (χ0v) is 14.4. The maximum absolute atomic E-state index is 12.8. The molecule has 3 rings (SSSR count). The van der Waals surface area contributed by atoms with Gasteiger partial charge in [0.05, 0.1) is 11.6 Å². The van der Waals surface area contributed by atoms with Crippen molar-refractivity contribution in [1.82, 2.24) is 20.2 Å². The van der Waals surface area contributed by atoms with Gasteiger partial charge in [0.1, 0.15) is 0 Å². The van der Waals surface area contributed by atoms with Gasteiger partial charge in [0.25, 0.3) is 5.91 Å². The number of pyridine rings is 2. The highest BCUT2D eigenvalue weighted by Gasteiger charge is 2.29. The van der Waals surface area contributed by atoms with Gasteiger partial charge in [-0.05, 0) is 30.2 Å². The lowest BCUT2D eigenvalue weighted by Crippen LogP contribution is -2.48. The normalized spacial score (nSPS) is 16.9. The number of piperazine rings is 1. The molecule has 0 aromatic carbocycles. The summed E-state index contributed by atoms with van der Waals surface area (Å²) >= 11 is 0. The summed E-state index contributed by atoms with van der Waals surface area (Å²) in [6, 6.07) is 5.80. The third-order valence-electron chi connectivity index (χ3n) is 3.84. The molecule has 1 atom stereocenters. The van der Waals surface area contributed by atoms with Crippen molar-refractivity contribution in [3.63, 3.8) is 0 Å². The second-order valence-corrected chi connectivity index (χ2v) is 5.20. The fourth-order valence-electron chi connectivity index (χ4n) is 2.66. The quantitative estimate of drug-likeness (QED) is 0.899. The van der Waals surface area contributed by atoms with Crippen LogP contribution < -0.4 is 5.32 Å². The lowest BCUT2D eigenvalue weighted by molar-refractivity contribution is 0.0633. The SMILES string of the molecule is Cc1ccncc1C(=O)N1CCNCC1c1cccnc1.Cl.Cl. The molecule has 1 saturated heterocycles. The van der Waals surface area contributed by atoms with Crippen LogP contribution in [0, 0.1) is 6.92 Å². The molecule has 124 valence electrons. The first-order valence-electron chi connectivity index (χ1n) is 7.09. The molecule has 7 heteroatoms. The first-order chi connectivity index (χ1) is 10.3. The molecular weight excluding hydrogens is 335 g/mol. The molecule has 2 aromatic heterocycles. The van der Waals surface area contributed by atoms with Crippen LogP contribution in [0.4, 0.5) is 0 Å². The van der Waals surface area contributed by atoms with Crippen LogP contribution in [0.15, 0.2) is 43.0 Å². The van der Waals surface area contributed by atoms with E-state index in [2.05, 4.69) is 15.3 Å². The molecule has 23 heavy (non-hydrogen) atoms. The van der Waals surface area contributed by atoms with E-state index < -0.39 is 0 Å². The highest BCUT2D eigenvalue weighted by atomic mass is 35.5. The summed E-state index contributed by atoms with van der Waals surface area (Å²) < 4.78 is 0. The van der Waals surface area contributed by atoms with E-state index in [0.29, 0.717) is 12.1 Å². The van der Waals surface area contributed by atoms with E-state index in [4.69, 9.17) is 0 Å². The molecule has 1 amide bonds. The van der Waals surface area contributed by atoms with Gasteiger partial charge < -0.3 is 10.2 Å². The predicted molar refractivity (Wildman–Crippen MR) is 94.4 cm³/mol. The van der Waals surface area contributed by atoms with E-state index in [9.17, 15) is 4.79 Å². The Balaban J connectivity index is 0.00000132. The van der Waals surface area contributed by atoms with Gasteiger partial charge in [0.2, 0.25) is 0 Å². The van der Waals surface area contributed by atoms with E-state index in [1.807, 2.05) is 36.2 Å². The standard InChI is InChI=1S/C16H18N4O.2ClH/c1-12-4-6-18-10-14(12)16(21)20-8-7-19-11-15(20)13-3-2-5-17-9-13;;/h2-6,9-10,15,19H,7-8,11H2,1H3;2*1H. The molecule has 1 fully saturated rings. The van der Waals surface area contributed by atoms with Gasteiger partial charge in [0.15, 0.2) is 0 Å². The Morgan fingerprint density at radius 3 is 2.70 bits per heavy atom. The van der Waals surface area contributed by atoms with Gasteiger partial charge in [-0.3, -0.25) is 14.8 Å². The third kappa shape index (κ3) is 4.19. The van der Waals surface area contributed by atoms with Crippen molar-refractivity contribution >= 4 is 30.7 Å². The molecule has 0 bridgehead atoms. The van der Waals surface area contributed by atoms with Crippen LogP contribution in [-0.4, -0.2) is 40.4 Å². The number of aryl methyl sites for hydroxylation is 1. The molecule has 0 radical (unpaired) electrons. The average Bonchev–Trinajstić information content (AvgIpc) is 2.55. The molecular formula is C16H20Cl2N4O. The minimum absolute atomic E-state index is 0. The third-order valence-corrected chi connectivity index (χ3v) is 3.84. The average molecular weight is 355 g/mol. The van der Waals surface area contributed by atoms with E-state index >= 15 is 0 Å². The maximum atomic E-state index is 12.8. The van der Waals surface area contributed by atoms with E-state index in [0.717, 1.165) is 24.2 Å². The van der Waals surface area contributed by atoms with E-state index in [-0.39, 0.29) is 36.8 Å². The zero-order chi connectivity index (χ0) is 14.7. The number of carbonyl (C=O) groups excluding carboxylic acids is 1. The number of carbonyl (C=O) groups is 1. The number of aromatic nitrogens is 2. The van der Waals surface area contributed by atoms with Crippen molar-refractivity contribution in [2.75, 3.05) is 19.6 Å². The van der Waals surface area contributed by atoms with Gasteiger partial charge in [-0.2, -0.15) is 0 Å². The van der Waals surface area contributed by atoms with Gasteiger partial charge in [-0.25, -0.2) is 0 Å². The summed E-state index contributed by atoms with van der Waals surface area (Å²) in [5.74, 6) is 0.0379. The summed E-state index contributed by atoms with van der Waals surface area (Å²) in [6.07, 6.45) is 6.94. The minimum atomic E-state index is 0. The second-order valence-electron chi connectivity index (χ2n) is 5.20. The number of rotatable bonds is 2. The van der Waals surface area contributed by atoms with Gasteiger partial charge in [-0.15, -0.1) is 24.8 Å². The maximum Gasteiger partial charge on any atom is 0.256 e. The lowest BCUT2D eigenvalue weighted by Gasteiger charge is -2.36. The summed E-state index contributed by atoms with van der Waals surface area (Å²) in [5, 5.41) is 3.35. The number of hydrogen-bond acceptors (Lipinski definition) is 4. The Hall–Kier alpha value is -1.69. The van der Waals surface area contributed by atoms with Gasteiger partial charge in [0, 0.05) is 44.4 Å². The minimum Gasteiger partial charge on any atom is -0.329 e. The number of hydrogen-bond donors (Lipinski definition) is 1. The molecule has 0 aliphatic carbocycles. The molecule has 1 aliphatic heterocycles. The van der Waals surface area contributed by atoms with Crippen LogP contribution in [0.1, 0.15) is 27.5 Å². The van der Waals surface area contributed by atoms with Gasteiger partial charge in [-0.1, -0.05) is 6.07 Å². The zero-order valence-electron chi connectivity index (χ0n) is 12.8. The highest BCUT2D eigenvalue weighted by Crippen LogP contribution is 2.24. The Bertz CT molecular complexity index is 639. The van der Waals surface area contributed by atoms with Crippen LogP contribution in [0.5, 0.6) is 0 Å². The van der Waals surface area contributed by atoms with Crippen LogP contribution in [0.2, 0.25) is 0 Å².